The molecule has 0 aliphatic heterocycles. The van der Waals surface area contributed by atoms with Crippen LogP contribution in [-0.4, -0.2) is 0 Å². The molecule has 8 aromatic carbocycles. The number of anilines is 6. The number of para-hydroxylation sites is 4. The van der Waals surface area contributed by atoms with E-state index in [1.165, 1.54) is 21.9 Å². The largest absolute Gasteiger partial charge is 0.456 e. The third kappa shape index (κ3) is 5.38. The van der Waals surface area contributed by atoms with Crippen molar-refractivity contribution in [1.29, 1.82) is 0 Å². The van der Waals surface area contributed by atoms with Crippen LogP contribution in [0.2, 0.25) is 0 Å². The van der Waals surface area contributed by atoms with Gasteiger partial charge in [0.1, 0.15) is 11.2 Å². The lowest BCUT2D eigenvalue weighted by molar-refractivity contribution is 0.669. The minimum Gasteiger partial charge on any atom is -0.456 e. The fourth-order valence-electron chi connectivity index (χ4n) is 6.83. The topological polar surface area (TPSA) is 19.6 Å². The summed E-state index contributed by atoms with van der Waals surface area (Å²) >= 11 is 0. The fraction of sp³-hybridized carbons (Fsp3) is 0. The molecule has 3 heteroatoms. The van der Waals surface area contributed by atoms with Crippen LogP contribution in [-0.2, 0) is 0 Å². The summed E-state index contributed by atoms with van der Waals surface area (Å²) in [5.41, 5.74) is 10.8. The molecule has 232 valence electrons. The number of furan rings is 1. The Kier molecular flexibility index (Phi) is 7.14. The Labute approximate surface area is 285 Å². The van der Waals surface area contributed by atoms with E-state index >= 15 is 0 Å². The second-order valence-electron chi connectivity index (χ2n) is 12.2. The summed E-state index contributed by atoms with van der Waals surface area (Å²) in [6.07, 6.45) is 0. The van der Waals surface area contributed by atoms with E-state index in [9.17, 15) is 0 Å². The van der Waals surface area contributed by atoms with Crippen molar-refractivity contribution in [3.63, 3.8) is 0 Å². The number of fused-ring (bicyclic) bond motifs is 4. The molecule has 0 radical (unpaired) electrons. The quantitative estimate of drug-likeness (QED) is 0.175. The van der Waals surface area contributed by atoms with E-state index in [1.54, 1.807) is 0 Å². The Balaban J connectivity index is 1.06. The highest BCUT2D eigenvalue weighted by Gasteiger charge is 2.16. The van der Waals surface area contributed by atoms with Crippen molar-refractivity contribution in [3.05, 3.63) is 194 Å². The Bertz CT molecular complexity index is 2500. The molecule has 1 heterocycles. The zero-order valence-corrected chi connectivity index (χ0v) is 26.8. The first-order valence-electron chi connectivity index (χ1n) is 16.6. The molecule has 0 saturated carbocycles. The molecule has 3 nitrogen and oxygen atoms in total. The van der Waals surface area contributed by atoms with Gasteiger partial charge in [0.05, 0.1) is 0 Å². The molecular formula is C46H32N2O. The summed E-state index contributed by atoms with van der Waals surface area (Å²) in [5, 5.41) is 4.64. The van der Waals surface area contributed by atoms with Crippen molar-refractivity contribution in [2.24, 2.45) is 0 Å². The summed E-state index contributed by atoms with van der Waals surface area (Å²) in [4.78, 5) is 4.58. The highest BCUT2D eigenvalue weighted by molar-refractivity contribution is 6.06. The number of hydrogen-bond donors (Lipinski definition) is 0. The molecule has 0 unspecified atom stereocenters. The second kappa shape index (κ2) is 12.2. The lowest BCUT2D eigenvalue weighted by Gasteiger charge is -2.26. The van der Waals surface area contributed by atoms with Gasteiger partial charge in [0.25, 0.3) is 0 Å². The standard InChI is InChI=1S/C46H32N2O/c1-4-12-37(13-5-1)47(38-14-6-2-7-15-38)40-25-22-33(23-26-40)34-20-21-36-31-41(27-24-35(36)30-34)48(39-16-8-3-9-17-39)42-28-29-44-43-18-10-11-19-45(43)49-46(44)32-42/h1-32H. The maximum absolute atomic E-state index is 6.28. The van der Waals surface area contributed by atoms with Crippen molar-refractivity contribution in [3.8, 4) is 11.1 Å². The van der Waals surface area contributed by atoms with Gasteiger partial charge in [-0.1, -0.05) is 103 Å². The number of hydrogen-bond acceptors (Lipinski definition) is 3. The van der Waals surface area contributed by atoms with Crippen molar-refractivity contribution in [1.82, 2.24) is 0 Å². The van der Waals surface area contributed by atoms with Gasteiger partial charge in [0, 0.05) is 51.0 Å². The van der Waals surface area contributed by atoms with Crippen LogP contribution in [0.5, 0.6) is 0 Å². The van der Waals surface area contributed by atoms with Crippen LogP contribution in [0.1, 0.15) is 0 Å². The number of benzene rings is 8. The van der Waals surface area contributed by atoms with Crippen LogP contribution in [0.3, 0.4) is 0 Å². The van der Waals surface area contributed by atoms with Crippen molar-refractivity contribution in [2.75, 3.05) is 9.80 Å². The molecule has 0 aliphatic carbocycles. The van der Waals surface area contributed by atoms with Gasteiger partial charge in [-0.3, -0.25) is 0 Å². The lowest BCUT2D eigenvalue weighted by Crippen LogP contribution is -2.09. The third-order valence-electron chi connectivity index (χ3n) is 9.20. The smallest absolute Gasteiger partial charge is 0.137 e. The van der Waals surface area contributed by atoms with Gasteiger partial charge in [-0.05, 0) is 107 Å². The first-order valence-corrected chi connectivity index (χ1v) is 16.6. The van der Waals surface area contributed by atoms with Crippen LogP contribution >= 0.6 is 0 Å². The van der Waals surface area contributed by atoms with Gasteiger partial charge in [-0.25, -0.2) is 0 Å². The minimum atomic E-state index is 0.881. The molecule has 0 saturated heterocycles. The zero-order chi connectivity index (χ0) is 32.6. The molecule has 0 spiro atoms. The molecular weight excluding hydrogens is 597 g/mol. The van der Waals surface area contributed by atoms with Gasteiger partial charge >= 0.3 is 0 Å². The van der Waals surface area contributed by atoms with E-state index in [1.807, 2.05) is 12.1 Å². The number of nitrogens with zero attached hydrogens (tertiary/aromatic N) is 2. The average Bonchev–Trinajstić information content (AvgIpc) is 3.54. The van der Waals surface area contributed by atoms with Crippen molar-refractivity contribution >= 4 is 66.8 Å². The summed E-state index contributed by atoms with van der Waals surface area (Å²) in [7, 11) is 0. The van der Waals surface area contributed by atoms with E-state index in [0.29, 0.717) is 0 Å². The molecule has 0 atom stereocenters. The third-order valence-corrected chi connectivity index (χ3v) is 9.20. The summed E-state index contributed by atoms with van der Waals surface area (Å²) in [6.45, 7) is 0. The Hall–Kier alpha value is -6.58. The Morgan fingerprint density at radius 1 is 0.286 bits per heavy atom. The van der Waals surface area contributed by atoms with E-state index in [-0.39, 0.29) is 0 Å². The van der Waals surface area contributed by atoms with Gasteiger partial charge in [-0.2, -0.15) is 0 Å². The lowest BCUT2D eigenvalue weighted by atomic mass is 10.00. The second-order valence-corrected chi connectivity index (χ2v) is 12.2. The number of rotatable bonds is 7. The van der Waals surface area contributed by atoms with Crippen LogP contribution in [0.25, 0.3) is 43.8 Å². The van der Waals surface area contributed by atoms with E-state index in [0.717, 1.165) is 56.1 Å². The molecule has 0 N–H and O–H groups in total. The molecule has 49 heavy (non-hydrogen) atoms. The predicted octanol–water partition coefficient (Wildman–Crippen LogP) is 13.3. The van der Waals surface area contributed by atoms with E-state index in [2.05, 4.69) is 192 Å². The SMILES string of the molecule is c1ccc(N(c2ccccc2)c2ccc(-c3ccc4cc(N(c5ccccc5)c5ccc6c(c5)oc5ccccc56)ccc4c3)cc2)cc1. The van der Waals surface area contributed by atoms with Crippen molar-refractivity contribution < 1.29 is 4.42 Å². The first-order chi connectivity index (χ1) is 24.3. The Morgan fingerprint density at radius 2 is 0.735 bits per heavy atom. The monoisotopic (exact) mass is 628 g/mol. The van der Waals surface area contributed by atoms with Gasteiger partial charge < -0.3 is 14.2 Å². The van der Waals surface area contributed by atoms with Crippen LogP contribution in [0, 0.1) is 0 Å². The van der Waals surface area contributed by atoms with Crippen LogP contribution in [0.4, 0.5) is 34.1 Å². The van der Waals surface area contributed by atoms with Crippen LogP contribution < -0.4 is 9.80 Å². The average molecular weight is 629 g/mol. The van der Waals surface area contributed by atoms with Crippen molar-refractivity contribution in [2.45, 2.75) is 0 Å². The highest BCUT2D eigenvalue weighted by atomic mass is 16.3. The zero-order valence-electron chi connectivity index (χ0n) is 26.8. The molecule has 1 aromatic heterocycles. The molecule has 9 rings (SSSR count). The van der Waals surface area contributed by atoms with Gasteiger partial charge in [0.2, 0.25) is 0 Å². The summed E-state index contributed by atoms with van der Waals surface area (Å²) in [5.74, 6) is 0. The molecule has 0 bridgehead atoms. The molecule has 0 amide bonds. The molecule has 0 fully saturated rings. The maximum Gasteiger partial charge on any atom is 0.137 e. The normalized spacial score (nSPS) is 11.3. The summed E-state index contributed by atoms with van der Waals surface area (Å²) in [6, 6.07) is 68.6. The highest BCUT2D eigenvalue weighted by Crippen LogP contribution is 2.40. The Morgan fingerprint density at radius 3 is 1.41 bits per heavy atom. The summed E-state index contributed by atoms with van der Waals surface area (Å²) < 4.78 is 6.28. The molecule has 9 aromatic rings. The minimum absolute atomic E-state index is 0.881. The maximum atomic E-state index is 6.28. The van der Waals surface area contributed by atoms with E-state index in [4.69, 9.17) is 4.42 Å². The van der Waals surface area contributed by atoms with Gasteiger partial charge in [0.15, 0.2) is 0 Å². The molecule has 0 aliphatic rings. The first kappa shape index (κ1) is 28.6. The van der Waals surface area contributed by atoms with Crippen LogP contribution in [0.15, 0.2) is 199 Å². The predicted molar refractivity (Wildman–Crippen MR) is 206 cm³/mol. The van der Waals surface area contributed by atoms with E-state index < -0.39 is 0 Å². The fourth-order valence-corrected chi connectivity index (χ4v) is 6.83. The van der Waals surface area contributed by atoms with Gasteiger partial charge in [-0.15, -0.1) is 0 Å².